The maximum Gasteiger partial charge on any atom is 0.0159 e. The lowest BCUT2D eigenvalue weighted by molar-refractivity contribution is 0.664. The van der Waals surface area contributed by atoms with Gasteiger partial charge < -0.3 is 0 Å². The van der Waals surface area contributed by atoms with Crippen LogP contribution < -0.4 is 0 Å². The Morgan fingerprint density at radius 3 is 1.59 bits per heavy atom. The van der Waals surface area contributed by atoms with Gasteiger partial charge in [-0.2, -0.15) is 0 Å². The van der Waals surface area contributed by atoms with Crippen molar-refractivity contribution in [2.75, 3.05) is 0 Å². The third-order valence-corrected chi connectivity index (χ3v) is 13.3. The quantitative estimate of drug-likeness (QED) is 0.123. The smallest absolute Gasteiger partial charge is 0.0159 e. The van der Waals surface area contributed by atoms with Crippen LogP contribution in [-0.2, 0) is 11.8 Å². The molecule has 0 saturated carbocycles. The van der Waals surface area contributed by atoms with E-state index in [9.17, 15) is 0 Å². The summed E-state index contributed by atoms with van der Waals surface area (Å²) in [5.41, 5.74) is 21.9. The summed E-state index contributed by atoms with van der Waals surface area (Å²) < 4.78 is 0. The highest BCUT2D eigenvalue weighted by Gasteiger charge is 2.37. The van der Waals surface area contributed by atoms with Crippen molar-refractivity contribution >= 4 is 23.4 Å². The van der Waals surface area contributed by atoms with Crippen LogP contribution in [0.4, 0.5) is 0 Å². The van der Waals surface area contributed by atoms with Crippen LogP contribution in [0.2, 0.25) is 0 Å². The fourth-order valence-corrected chi connectivity index (χ4v) is 9.47. The number of hydrogen-bond donors (Lipinski definition) is 0. The maximum absolute atomic E-state index is 2.38. The molecule has 0 aromatic heterocycles. The Morgan fingerprint density at radius 2 is 0.986 bits per heavy atom. The Bertz CT molecular complexity index is 3000. The van der Waals surface area contributed by atoms with Crippen molar-refractivity contribution < 1.29 is 0 Å². The number of thioether (sulfide) groups is 1. The summed E-state index contributed by atoms with van der Waals surface area (Å²) in [5.74, 6) is 0. The number of rotatable bonds is 10. The van der Waals surface area contributed by atoms with Crippen LogP contribution in [0, 0.1) is 20.8 Å². The van der Waals surface area contributed by atoms with Crippen molar-refractivity contribution in [3.63, 3.8) is 0 Å². The molecule has 0 radical (unpaired) electrons. The molecule has 8 aromatic carbocycles. The summed E-state index contributed by atoms with van der Waals surface area (Å²) >= 11 is 1.76. The van der Waals surface area contributed by atoms with Crippen molar-refractivity contribution in [3.8, 4) is 44.5 Å². The largest absolute Gasteiger partial charge is 0.0984 e. The highest BCUT2D eigenvalue weighted by atomic mass is 32.2. The third kappa shape index (κ3) is 14.6. The van der Waals surface area contributed by atoms with Gasteiger partial charge in [-0.15, -0.1) is 0 Å². The Hall–Kier alpha value is -6.93. The van der Waals surface area contributed by atoms with E-state index >= 15 is 0 Å². The van der Waals surface area contributed by atoms with E-state index < -0.39 is 0 Å². The number of fused-ring (bicyclic) bond motifs is 1. The predicted molar refractivity (Wildman–Crippen MR) is 318 cm³/mol. The first kappa shape index (κ1) is 55.0. The van der Waals surface area contributed by atoms with Crippen LogP contribution in [0.15, 0.2) is 234 Å². The lowest BCUT2D eigenvalue weighted by Gasteiger charge is -2.22. The predicted octanol–water partition coefficient (Wildman–Crippen LogP) is 21.2. The van der Waals surface area contributed by atoms with Gasteiger partial charge in [0.05, 0.1) is 0 Å². The second-order valence-electron chi connectivity index (χ2n) is 17.5. The summed E-state index contributed by atoms with van der Waals surface area (Å²) in [6, 6.07) is 70.0. The van der Waals surface area contributed by atoms with Gasteiger partial charge in [0.1, 0.15) is 0 Å². The summed E-state index contributed by atoms with van der Waals surface area (Å²) in [5, 5.41) is 2.11. The molecule has 0 unspecified atom stereocenters. The van der Waals surface area contributed by atoms with Gasteiger partial charge in [-0.1, -0.05) is 279 Å². The van der Waals surface area contributed by atoms with E-state index in [2.05, 4.69) is 265 Å². The molecule has 0 nitrogen and oxygen atoms in total. The molecule has 0 aliphatic heterocycles. The zero-order valence-corrected chi connectivity index (χ0v) is 45.4. The van der Waals surface area contributed by atoms with Crippen LogP contribution in [-0.4, -0.2) is 0 Å². The van der Waals surface area contributed by atoms with Crippen molar-refractivity contribution in [2.24, 2.45) is 0 Å². The molecule has 0 heterocycles. The topological polar surface area (TPSA) is 0 Å². The lowest BCUT2D eigenvalue weighted by atomic mass is 9.81. The molecule has 71 heavy (non-hydrogen) atoms. The molecule has 1 aliphatic rings. The number of benzene rings is 8. The molecule has 0 atom stereocenters. The number of hydrogen-bond acceptors (Lipinski definition) is 1. The van der Waals surface area contributed by atoms with E-state index in [0.29, 0.717) is 0 Å². The Morgan fingerprint density at radius 1 is 0.465 bits per heavy atom. The van der Waals surface area contributed by atoms with Crippen LogP contribution >= 0.6 is 11.8 Å². The molecule has 0 saturated heterocycles. The van der Waals surface area contributed by atoms with E-state index in [1.54, 1.807) is 11.8 Å². The van der Waals surface area contributed by atoms with Gasteiger partial charge >= 0.3 is 0 Å². The van der Waals surface area contributed by atoms with E-state index in [0.717, 1.165) is 6.42 Å². The second-order valence-corrected chi connectivity index (χ2v) is 18.4. The van der Waals surface area contributed by atoms with Crippen molar-refractivity contribution in [3.05, 3.63) is 268 Å². The molecule has 1 aliphatic carbocycles. The molecule has 1 heteroatoms. The molecular formula is C70H76S. The zero-order chi connectivity index (χ0) is 51.2. The first-order valence-electron chi connectivity index (χ1n) is 25.7. The monoisotopic (exact) mass is 949 g/mol. The Kier molecular flexibility index (Phi) is 21.7. The van der Waals surface area contributed by atoms with Gasteiger partial charge in [0, 0.05) is 10.3 Å². The van der Waals surface area contributed by atoms with Crippen LogP contribution in [0.1, 0.15) is 101 Å². The first-order chi connectivity index (χ1) is 34.7. The summed E-state index contributed by atoms with van der Waals surface area (Å²) in [4.78, 5) is 1.29. The number of allylic oxidation sites excluding steroid dienone is 6. The molecule has 0 fully saturated rings. The van der Waals surface area contributed by atoms with Crippen LogP contribution in [0.25, 0.3) is 56.2 Å². The second kappa shape index (κ2) is 28.1. The first-order valence-corrected chi connectivity index (χ1v) is 26.6. The summed E-state index contributed by atoms with van der Waals surface area (Å²) in [7, 11) is 0. The molecule has 9 rings (SSSR count). The van der Waals surface area contributed by atoms with Gasteiger partial charge in [-0.25, -0.2) is 0 Å². The van der Waals surface area contributed by atoms with Crippen molar-refractivity contribution in [2.45, 2.75) is 99.8 Å². The molecule has 0 spiro atoms. The fraction of sp³-hybridized carbons (Fsp3) is 0.200. The minimum atomic E-state index is -0.0905. The van der Waals surface area contributed by atoms with Crippen molar-refractivity contribution in [1.29, 1.82) is 0 Å². The number of aryl methyl sites for hydroxylation is 3. The van der Waals surface area contributed by atoms with Gasteiger partial charge in [-0.05, 0) is 147 Å². The van der Waals surface area contributed by atoms with Crippen LogP contribution in [0.5, 0.6) is 0 Å². The van der Waals surface area contributed by atoms with Gasteiger partial charge in [0.25, 0.3) is 0 Å². The average Bonchev–Trinajstić information content (AvgIpc) is 3.63. The third-order valence-electron chi connectivity index (χ3n) is 12.4. The lowest BCUT2D eigenvalue weighted by Crippen LogP contribution is -2.15. The minimum absolute atomic E-state index is 0.0905. The standard InChI is InChI=1S/C47H40.C17H18S.3C2H6/c1-34-21-30-44-43(46(47(2,3)45(44)31-34)32-36-24-28-39(29-25-36)37-14-6-4-7-15-37)20-11-10-13-35-22-26-40(27-23-35)42-19-12-18-41(33-42)38-16-8-5-9-17-38;1-4-11-18-15-9-10-17(14(3)12-15)16-8-6-5-7-13(16)2;3*1-2/h4-12,14-33H,13H2,1-3H3;4-12H,1-3H3;3*1-2H3/b11-10+,43-20-,46-32+;11-4-;;;. The Balaban J connectivity index is 0.000000326. The zero-order valence-electron chi connectivity index (χ0n) is 44.6. The van der Waals surface area contributed by atoms with Crippen molar-refractivity contribution in [1.82, 2.24) is 0 Å². The molecule has 0 amide bonds. The fourth-order valence-electron chi connectivity index (χ4n) is 8.79. The average molecular weight is 949 g/mol. The summed E-state index contributed by atoms with van der Waals surface area (Å²) in [6.45, 7) is 25.3. The summed E-state index contributed by atoms with van der Waals surface area (Å²) in [6.07, 6.45) is 12.2. The van der Waals surface area contributed by atoms with Crippen LogP contribution in [0.3, 0.4) is 0 Å². The molecule has 0 N–H and O–H groups in total. The van der Waals surface area contributed by atoms with E-state index in [-0.39, 0.29) is 5.41 Å². The molecular weight excluding hydrogens is 873 g/mol. The van der Waals surface area contributed by atoms with Gasteiger partial charge in [0.2, 0.25) is 0 Å². The van der Waals surface area contributed by atoms with E-state index in [1.165, 1.54) is 99.5 Å². The highest BCUT2D eigenvalue weighted by molar-refractivity contribution is 8.02. The van der Waals surface area contributed by atoms with E-state index in [1.807, 2.05) is 48.5 Å². The Labute approximate surface area is 433 Å². The van der Waals surface area contributed by atoms with Gasteiger partial charge in [-0.3, -0.25) is 0 Å². The highest BCUT2D eigenvalue weighted by Crippen LogP contribution is 2.50. The molecule has 8 aromatic rings. The van der Waals surface area contributed by atoms with E-state index in [4.69, 9.17) is 0 Å². The SMILES string of the molecule is C/C=C\Sc1ccc(-c2ccccc2C)c(C)c1.CC.CC.CC.Cc1ccc2c(c1)C(C)(C)C(=C/c1ccc(-c3ccccc3)cc1)/C2=C\C=C\Cc1ccc(-c2cccc(-c3ccccc3)c2)cc1. The van der Waals surface area contributed by atoms with Gasteiger partial charge in [0.15, 0.2) is 0 Å². The molecule has 0 bridgehead atoms. The maximum atomic E-state index is 2.38. The normalized spacial score (nSPS) is 13.2. The minimum Gasteiger partial charge on any atom is -0.0984 e. The molecule has 362 valence electrons.